The van der Waals surface area contributed by atoms with Gasteiger partial charge >= 0.3 is 0 Å². The van der Waals surface area contributed by atoms with Gasteiger partial charge in [-0.25, -0.2) is 8.42 Å². The van der Waals surface area contributed by atoms with Crippen LogP contribution in [0.2, 0.25) is 0 Å². The third kappa shape index (κ3) is 3.82. The molecule has 0 saturated heterocycles. The normalized spacial score (nSPS) is 11.4. The number of aromatic nitrogens is 1. The number of sulfonamides is 1. The van der Waals surface area contributed by atoms with Crippen LogP contribution in [0.1, 0.15) is 31.1 Å². The summed E-state index contributed by atoms with van der Waals surface area (Å²) in [6.45, 7) is 6.61. The van der Waals surface area contributed by atoms with E-state index in [-0.39, 0.29) is 28.3 Å². The second-order valence-corrected chi connectivity index (χ2v) is 8.58. The van der Waals surface area contributed by atoms with Crippen molar-refractivity contribution in [2.75, 3.05) is 23.9 Å². The number of nitrogens with zero attached hydrogens (tertiary/aromatic N) is 2. The van der Waals surface area contributed by atoms with Crippen molar-refractivity contribution in [3.63, 3.8) is 0 Å². The van der Waals surface area contributed by atoms with Crippen molar-refractivity contribution in [3.8, 4) is 0 Å². The topological polar surface area (TPSA) is 90.6 Å². The molecule has 30 heavy (non-hydrogen) atoms. The van der Waals surface area contributed by atoms with Gasteiger partial charge < -0.3 is 9.88 Å². The van der Waals surface area contributed by atoms with Gasteiger partial charge in [-0.3, -0.25) is 13.9 Å². The van der Waals surface area contributed by atoms with Gasteiger partial charge in [0.05, 0.1) is 10.6 Å². The lowest BCUT2D eigenvalue weighted by Crippen LogP contribution is -2.34. The van der Waals surface area contributed by atoms with E-state index in [4.69, 9.17) is 0 Å². The summed E-state index contributed by atoms with van der Waals surface area (Å²) in [6, 6.07) is 13.1. The van der Waals surface area contributed by atoms with Crippen LogP contribution in [0, 0.1) is 0 Å². The Morgan fingerprint density at radius 2 is 1.63 bits per heavy atom. The lowest BCUT2D eigenvalue weighted by molar-refractivity contribution is 0.0771. The monoisotopic (exact) mass is 427 g/mol. The lowest BCUT2D eigenvalue weighted by atomic mass is 10.1. The van der Waals surface area contributed by atoms with E-state index in [0.29, 0.717) is 24.3 Å². The Bertz CT molecular complexity index is 1220. The zero-order valence-electron chi connectivity index (χ0n) is 17.3. The minimum Gasteiger partial charge on any atom is -0.360 e. The molecule has 0 aliphatic rings. The van der Waals surface area contributed by atoms with Crippen molar-refractivity contribution in [3.05, 3.63) is 70.5 Å². The Morgan fingerprint density at radius 1 is 0.967 bits per heavy atom. The fourth-order valence-corrected chi connectivity index (χ4v) is 4.91. The van der Waals surface area contributed by atoms with Gasteiger partial charge in [0.25, 0.3) is 15.9 Å². The van der Waals surface area contributed by atoms with E-state index in [1.807, 2.05) is 19.9 Å². The molecule has 0 unspecified atom stereocenters. The highest BCUT2D eigenvalue weighted by atomic mass is 32.2. The molecule has 1 N–H and O–H groups in total. The first kappa shape index (κ1) is 21.6. The van der Waals surface area contributed by atoms with E-state index in [1.165, 1.54) is 22.6 Å². The first-order chi connectivity index (χ1) is 14.3. The molecule has 3 rings (SSSR count). The van der Waals surface area contributed by atoms with Crippen LogP contribution in [0.15, 0.2) is 64.4 Å². The van der Waals surface area contributed by atoms with Crippen molar-refractivity contribution in [1.82, 2.24) is 9.88 Å². The fourth-order valence-electron chi connectivity index (χ4n) is 3.41. The molecule has 0 radical (unpaired) electrons. The number of amides is 1. The highest BCUT2D eigenvalue weighted by Crippen LogP contribution is 2.25. The molecule has 0 saturated carbocycles. The van der Waals surface area contributed by atoms with Gasteiger partial charge in [0.2, 0.25) is 5.43 Å². The van der Waals surface area contributed by atoms with Crippen molar-refractivity contribution in [2.24, 2.45) is 0 Å². The van der Waals surface area contributed by atoms with E-state index < -0.39 is 15.5 Å². The molecule has 7 nitrogen and oxygen atoms in total. The molecule has 158 valence electrons. The molecule has 1 heterocycles. The van der Waals surface area contributed by atoms with Crippen LogP contribution < -0.4 is 9.73 Å². The second-order valence-electron chi connectivity index (χ2n) is 6.72. The van der Waals surface area contributed by atoms with E-state index in [0.717, 1.165) is 0 Å². The number of H-pyrrole nitrogens is 1. The molecule has 1 amide bonds. The van der Waals surface area contributed by atoms with Crippen LogP contribution in [-0.4, -0.2) is 43.8 Å². The highest BCUT2D eigenvalue weighted by molar-refractivity contribution is 7.92. The average Bonchev–Trinajstić information content (AvgIpc) is 2.75. The Morgan fingerprint density at radius 3 is 2.23 bits per heavy atom. The van der Waals surface area contributed by atoms with Crippen LogP contribution in [0.25, 0.3) is 10.9 Å². The van der Waals surface area contributed by atoms with E-state index >= 15 is 0 Å². The molecule has 0 fully saturated rings. The van der Waals surface area contributed by atoms with Gasteiger partial charge in [-0.15, -0.1) is 0 Å². The standard InChI is InChI=1S/C22H25N3O4S/c1-4-24(5-2)22(27)19-15-23-20-13-12-17(14-18(20)21(19)26)30(28,29)25(6-3)16-10-8-7-9-11-16/h7-15H,4-6H2,1-3H3,(H,23,26). The molecular weight excluding hydrogens is 402 g/mol. The van der Waals surface area contributed by atoms with Gasteiger partial charge in [-0.05, 0) is 51.1 Å². The number of hydrogen-bond acceptors (Lipinski definition) is 4. The molecule has 8 heteroatoms. The molecule has 2 aromatic carbocycles. The summed E-state index contributed by atoms with van der Waals surface area (Å²) in [4.78, 5) is 30.2. The Hall–Kier alpha value is -3.13. The smallest absolute Gasteiger partial charge is 0.264 e. The van der Waals surface area contributed by atoms with Crippen LogP contribution >= 0.6 is 0 Å². The maximum absolute atomic E-state index is 13.3. The number of carbonyl (C=O) groups is 1. The van der Waals surface area contributed by atoms with Crippen molar-refractivity contribution < 1.29 is 13.2 Å². The number of aromatic amines is 1. The molecule has 0 atom stereocenters. The Kier molecular flexibility index (Phi) is 6.26. The first-order valence-electron chi connectivity index (χ1n) is 9.87. The molecule has 0 spiro atoms. The summed E-state index contributed by atoms with van der Waals surface area (Å²) in [5, 5.41) is 0.165. The van der Waals surface area contributed by atoms with Gasteiger partial charge in [0.15, 0.2) is 0 Å². The fraction of sp³-hybridized carbons (Fsp3) is 0.273. The van der Waals surface area contributed by atoms with E-state index in [9.17, 15) is 18.0 Å². The maximum atomic E-state index is 13.3. The Labute approximate surface area is 176 Å². The molecule has 0 aliphatic heterocycles. The third-order valence-corrected chi connectivity index (χ3v) is 6.95. The van der Waals surface area contributed by atoms with Gasteiger partial charge in [0, 0.05) is 36.7 Å². The summed E-state index contributed by atoms with van der Waals surface area (Å²) in [5.74, 6) is -0.379. The Balaban J connectivity index is 2.13. The number of pyridine rings is 1. The maximum Gasteiger partial charge on any atom is 0.264 e. The largest absolute Gasteiger partial charge is 0.360 e. The molecule has 3 aromatic rings. The zero-order chi connectivity index (χ0) is 21.9. The highest BCUT2D eigenvalue weighted by Gasteiger charge is 2.25. The predicted molar refractivity (Wildman–Crippen MR) is 118 cm³/mol. The molecule has 0 bridgehead atoms. The number of carbonyl (C=O) groups excluding carboxylic acids is 1. The van der Waals surface area contributed by atoms with Crippen molar-refractivity contribution >= 4 is 32.5 Å². The first-order valence-corrected chi connectivity index (χ1v) is 11.3. The average molecular weight is 428 g/mol. The van der Waals surface area contributed by atoms with Crippen molar-refractivity contribution in [2.45, 2.75) is 25.7 Å². The van der Waals surface area contributed by atoms with Crippen LogP contribution in [-0.2, 0) is 10.0 Å². The summed E-state index contributed by atoms with van der Waals surface area (Å²) in [7, 11) is -3.89. The quantitative estimate of drug-likeness (QED) is 0.627. The van der Waals surface area contributed by atoms with Gasteiger partial charge in [-0.2, -0.15) is 0 Å². The summed E-state index contributed by atoms with van der Waals surface area (Å²) < 4.78 is 27.8. The van der Waals surface area contributed by atoms with Crippen molar-refractivity contribution in [1.29, 1.82) is 0 Å². The van der Waals surface area contributed by atoms with Gasteiger partial charge in [0.1, 0.15) is 5.56 Å². The number of hydrogen-bond donors (Lipinski definition) is 1. The summed E-state index contributed by atoms with van der Waals surface area (Å²) >= 11 is 0. The van der Waals surface area contributed by atoms with E-state index in [2.05, 4.69) is 4.98 Å². The number of fused-ring (bicyclic) bond motifs is 1. The second kappa shape index (κ2) is 8.71. The number of para-hydroxylation sites is 1. The van der Waals surface area contributed by atoms with Crippen LogP contribution in [0.5, 0.6) is 0 Å². The minimum atomic E-state index is -3.89. The predicted octanol–water partition coefficient (Wildman–Crippen LogP) is 3.23. The SMILES string of the molecule is CCN(CC)C(=O)c1c[nH]c2ccc(S(=O)(=O)N(CC)c3ccccc3)cc2c1=O. The van der Waals surface area contributed by atoms with Gasteiger partial charge in [-0.1, -0.05) is 18.2 Å². The summed E-state index contributed by atoms with van der Waals surface area (Å²) in [6.07, 6.45) is 1.39. The number of anilines is 1. The summed E-state index contributed by atoms with van der Waals surface area (Å²) in [5.41, 5.74) is 0.522. The number of nitrogens with one attached hydrogen (secondary N) is 1. The third-order valence-electron chi connectivity index (χ3n) is 5.05. The lowest BCUT2D eigenvalue weighted by Gasteiger charge is -2.23. The zero-order valence-corrected chi connectivity index (χ0v) is 18.1. The minimum absolute atomic E-state index is 0.00126. The van der Waals surface area contributed by atoms with Crippen LogP contribution in [0.3, 0.4) is 0 Å². The molecule has 1 aromatic heterocycles. The number of benzene rings is 2. The van der Waals surface area contributed by atoms with E-state index in [1.54, 1.807) is 42.2 Å². The molecular formula is C22H25N3O4S. The van der Waals surface area contributed by atoms with Crippen LogP contribution in [0.4, 0.5) is 5.69 Å². The number of rotatable bonds is 7. The molecule has 0 aliphatic carbocycles.